The molecule has 0 aliphatic heterocycles. The monoisotopic (exact) mass is 293 g/mol. The molecule has 0 fully saturated rings. The normalized spacial score (nSPS) is 13.1. The van der Waals surface area contributed by atoms with Crippen molar-refractivity contribution < 1.29 is 18.0 Å². The first-order valence-corrected chi connectivity index (χ1v) is 6.42. The Balaban J connectivity index is 2.63. The quantitative estimate of drug-likeness (QED) is 0.821. The lowest BCUT2D eigenvalue weighted by molar-refractivity contribution is -0.137. The van der Waals surface area contributed by atoms with E-state index < -0.39 is 11.7 Å². The molecule has 2 nitrogen and oxygen atoms in total. The second-order valence-electron chi connectivity index (χ2n) is 4.28. The summed E-state index contributed by atoms with van der Waals surface area (Å²) in [6, 6.07) is 4.09. The van der Waals surface area contributed by atoms with Gasteiger partial charge in [-0.1, -0.05) is 0 Å². The lowest BCUT2D eigenvalue weighted by Gasteiger charge is -2.13. The number of benzene rings is 1. The first-order chi connectivity index (χ1) is 8.84. The standard InChI is InChI=1S/C13H15ClF3NO/c1-9(3-2-8-14)18-12(19)10-4-6-11(7-5-10)13(15,16)17/h4-7,9H,2-3,8H2,1H3,(H,18,19). The number of nitrogens with one attached hydrogen (secondary N) is 1. The number of halogens is 4. The summed E-state index contributed by atoms with van der Waals surface area (Å²) in [6.07, 6.45) is -2.88. The highest BCUT2D eigenvalue weighted by molar-refractivity contribution is 6.17. The minimum atomic E-state index is -4.39. The van der Waals surface area contributed by atoms with Gasteiger partial charge in [0.15, 0.2) is 0 Å². The van der Waals surface area contributed by atoms with E-state index in [0.717, 1.165) is 25.0 Å². The summed E-state index contributed by atoms with van der Waals surface area (Å²) in [5.41, 5.74) is -0.551. The molecule has 0 saturated heterocycles. The Morgan fingerprint density at radius 3 is 2.37 bits per heavy atom. The van der Waals surface area contributed by atoms with E-state index in [1.54, 1.807) is 0 Å². The number of hydrogen-bond donors (Lipinski definition) is 1. The van der Waals surface area contributed by atoms with Crippen LogP contribution in [0.4, 0.5) is 13.2 Å². The lowest BCUT2D eigenvalue weighted by atomic mass is 10.1. The van der Waals surface area contributed by atoms with Gasteiger partial charge in [-0.05, 0) is 44.0 Å². The van der Waals surface area contributed by atoms with Crippen molar-refractivity contribution in [1.29, 1.82) is 0 Å². The summed E-state index contributed by atoms with van der Waals surface area (Å²) in [7, 11) is 0. The van der Waals surface area contributed by atoms with E-state index in [-0.39, 0.29) is 17.5 Å². The molecule has 0 aliphatic carbocycles. The summed E-state index contributed by atoms with van der Waals surface area (Å²) in [5.74, 6) is 0.135. The van der Waals surface area contributed by atoms with Crippen molar-refractivity contribution in [2.45, 2.75) is 32.0 Å². The molecule has 106 valence electrons. The van der Waals surface area contributed by atoms with Crippen LogP contribution in [0.2, 0.25) is 0 Å². The van der Waals surface area contributed by atoms with Crippen LogP contribution in [0.3, 0.4) is 0 Å². The molecule has 0 spiro atoms. The topological polar surface area (TPSA) is 29.1 Å². The summed E-state index contributed by atoms with van der Waals surface area (Å²) < 4.78 is 37.1. The number of rotatable bonds is 5. The Bertz CT molecular complexity index is 417. The first-order valence-electron chi connectivity index (χ1n) is 5.88. The zero-order valence-electron chi connectivity index (χ0n) is 10.4. The SMILES string of the molecule is CC(CCCCl)NC(=O)c1ccc(C(F)(F)F)cc1. The van der Waals surface area contributed by atoms with Crippen LogP contribution in [-0.4, -0.2) is 17.8 Å². The van der Waals surface area contributed by atoms with Gasteiger partial charge < -0.3 is 5.32 Å². The van der Waals surface area contributed by atoms with Crippen molar-refractivity contribution in [2.75, 3.05) is 5.88 Å². The van der Waals surface area contributed by atoms with Crippen LogP contribution < -0.4 is 5.32 Å². The van der Waals surface area contributed by atoms with Gasteiger partial charge in [-0.2, -0.15) is 13.2 Å². The Kier molecular flexibility index (Phi) is 5.66. The number of hydrogen-bond acceptors (Lipinski definition) is 1. The molecule has 1 rings (SSSR count). The number of alkyl halides is 4. The third kappa shape index (κ3) is 5.11. The Morgan fingerprint density at radius 2 is 1.89 bits per heavy atom. The van der Waals surface area contributed by atoms with Gasteiger partial charge in [0.05, 0.1) is 5.56 Å². The van der Waals surface area contributed by atoms with E-state index in [1.807, 2.05) is 6.92 Å². The second kappa shape index (κ2) is 6.80. The second-order valence-corrected chi connectivity index (χ2v) is 4.66. The number of amides is 1. The molecule has 0 aromatic heterocycles. The van der Waals surface area contributed by atoms with E-state index in [2.05, 4.69) is 5.32 Å². The van der Waals surface area contributed by atoms with Crippen molar-refractivity contribution in [3.8, 4) is 0 Å². The van der Waals surface area contributed by atoms with Crippen molar-refractivity contribution in [2.24, 2.45) is 0 Å². The molecule has 0 saturated carbocycles. The summed E-state index contributed by atoms with van der Waals surface area (Å²) in [4.78, 5) is 11.8. The fraction of sp³-hybridized carbons (Fsp3) is 0.462. The smallest absolute Gasteiger partial charge is 0.350 e. The molecule has 1 atom stereocenters. The minimum absolute atomic E-state index is 0.0615. The minimum Gasteiger partial charge on any atom is -0.350 e. The van der Waals surface area contributed by atoms with Gasteiger partial charge in [-0.3, -0.25) is 4.79 Å². The van der Waals surface area contributed by atoms with Crippen LogP contribution in [-0.2, 0) is 6.18 Å². The Morgan fingerprint density at radius 1 is 1.32 bits per heavy atom. The average molecular weight is 294 g/mol. The zero-order chi connectivity index (χ0) is 14.5. The van der Waals surface area contributed by atoms with E-state index in [4.69, 9.17) is 11.6 Å². The van der Waals surface area contributed by atoms with Crippen LogP contribution in [0.5, 0.6) is 0 Å². The molecule has 6 heteroatoms. The van der Waals surface area contributed by atoms with Gasteiger partial charge in [0.25, 0.3) is 5.91 Å². The molecule has 0 heterocycles. The third-order valence-electron chi connectivity index (χ3n) is 2.62. The van der Waals surface area contributed by atoms with Gasteiger partial charge in [0.2, 0.25) is 0 Å². The lowest BCUT2D eigenvalue weighted by Crippen LogP contribution is -2.32. The summed E-state index contributed by atoms with van der Waals surface area (Å²) in [5, 5.41) is 2.71. The maximum absolute atomic E-state index is 12.4. The largest absolute Gasteiger partial charge is 0.416 e. The highest BCUT2D eigenvalue weighted by atomic mass is 35.5. The average Bonchev–Trinajstić information content (AvgIpc) is 2.35. The van der Waals surface area contributed by atoms with Gasteiger partial charge in [0.1, 0.15) is 0 Å². The van der Waals surface area contributed by atoms with Crippen LogP contribution in [0, 0.1) is 0 Å². The molecule has 0 aliphatic rings. The molecule has 1 aromatic carbocycles. The van der Waals surface area contributed by atoms with E-state index >= 15 is 0 Å². The van der Waals surface area contributed by atoms with Crippen molar-refractivity contribution >= 4 is 17.5 Å². The fourth-order valence-corrected chi connectivity index (χ4v) is 1.73. The van der Waals surface area contributed by atoms with Crippen LogP contribution in [0.25, 0.3) is 0 Å². The molecule has 0 radical (unpaired) electrons. The molecule has 1 N–H and O–H groups in total. The molecular weight excluding hydrogens is 279 g/mol. The van der Waals surface area contributed by atoms with Gasteiger partial charge >= 0.3 is 6.18 Å². The van der Waals surface area contributed by atoms with Crippen molar-refractivity contribution in [3.05, 3.63) is 35.4 Å². The number of carbonyl (C=O) groups is 1. The van der Waals surface area contributed by atoms with E-state index in [0.29, 0.717) is 5.88 Å². The predicted molar refractivity (Wildman–Crippen MR) is 68.3 cm³/mol. The highest BCUT2D eigenvalue weighted by Crippen LogP contribution is 2.29. The highest BCUT2D eigenvalue weighted by Gasteiger charge is 2.30. The van der Waals surface area contributed by atoms with Gasteiger partial charge in [-0.15, -0.1) is 11.6 Å². The zero-order valence-corrected chi connectivity index (χ0v) is 11.2. The van der Waals surface area contributed by atoms with Crippen LogP contribution in [0.1, 0.15) is 35.7 Å². The van der Waals surface area contributed by atoms with Gasteiger partial charge in [-0.25, -0.2) is 0 Å². The fourth-order valence-electron chi connectivity index (χ4n) is 1.57. The molecule has 19 heavy (non-hydrogen) atoms. The third-order valence-corrected chi connectivity index (χ3v) is 2.89. The maximum Gasteiger partial charge on any atom is 0.416 e. The Labute approximate surface area is 114 Å². The molecule has 1 aromatic rings. The molecule has 0 bridgehead atoms. The van der Waals surface area contributed by atoms with Crippen molar-refractivity contribution in [1.82, 2.24) is 5.32 Å². The van der Waals surface area contributed by atoms with Gasteiger partial charge in [0, 0.05) is 17.5 Å². The molecule has 1 amide bonds. The van der Waals surface area contributed by atoms with Crippen LogP contribution in [0.15, 0.2) is 24.3 Å². The first kappa shape index (κ1) is 15.8. The van der Waals surface area contributed by atoms with Crippen molar-refractivity contribution in [3.63, 3.8) is 0 Å². The maximum atomic E-state index is 12.4. The Hall–Kier alpha value is -1.23. The summed E-state index contributed by atoms with van der Waals surface area (Å²) in [6.45, 7) is 1.83. The van der Waals surface area contributed by atoms with E-state index in [9.17, 15) is 18.0 Å². The predicted octanol–water partition coefficient (Wildman–Crippen LogP) is 3.84. The number of carbonyl (C=O) groups excluding carboxylic acids is 1. The molecule has 1 unspecified atom stereocenters. The van der Waals surface area contributed by atoms with E-state index in [1.165, 1.54) is 12.1 Å². The molecular formula is C13H15ClF3NO. The van der Waals surface area contributed by atoms with Crippen LogP contribution >= 0.6 is 11.6 Å². The summed E-state index contributed by atoms with van der Waals surface area (Å²) >= 11 is 5.54.